The van der Waals surface area contributed by atoms with Crippen molar-refractivity contribution in [2.24, 2.45) is 5.92 Å². The molecular weight excluding hydrogens is 498 g/mol. The Morgan fingerprint density at radius 1 is 1.24 bits per heavy atom. The second-order valence-electron chi connectivity index (χ2n) is 11.2. The molecule has 0 bridgehead atoms. The van der Waals surface area contributed by atoms with Gasteiger partial charge in [0.25, 0.3) is 11.8 Å². The quantitative estimate of drug-likeness (QED) is 0.369. The van der Waals surface area contributed by atoms with E-state index < -0.39 is 23.3 Å². The molecule has 206 valence electrons. The maximum absolute atomic E-state index is 13.2. The molecule has 10 nitrogen and oxygen atoms in total. The molecule has 2 amide bonds. The van der Waals surface area contributed by atoms with Crippen LogP contribution in [0.2, 0.25) is 0 Å². The number of nitrogens with one attached hydrogen (secondary N) is 2. The third-order valence-corrected chi connectivity index (χ3v) is 7.55. The van der Waals surface area contributed by atoms with Crippen LogP contribution in [0.1, 0.15) is 62.4 Å². The Morgan fingerprint density at radius 2 is 1.89 bits per heavy atom. The maximum Gasteiger partial charge on any atom is 0.378 e. The molecule has 12 heteroatoms. The smallest absolute Gasteiger partial charge is 0.378 e. The summed E-state index contributed by atoms with van der Waals surface area (Å²) in [6.45, 7) is 7.95. The lowest BCUT2D eigenvalue weighted by molar-refractivity contribution is -0.686. The number of carbonyl (C=O) groups excluding carboxylic acids is 2. The number of amides is 2. The summed E-state index contributed by atoms with van der Waals surface area (Å²) in [5, 5.41) is 16.7. The average molecular weight is 534 g/mol. The normalized spacial score (nSPS) is 20.7. The number of aromatic hydroxyl groups is 1. The first-order valence-electron chi connectivity index (χ1n) is 13.2. The van der Waals surface area contributed by atoms with Gasteiger partial charge >= 0.3 is 17.1 Å². The van der Waals surface area contributed by atoms with Gasteiger partial charge in [0.2, 0.25) is 11.5 Å². The minimum absolute atomic E-state index is 0.0212. The summed E-state index contributed by atoms with van der Waals surface area (Å²) in [7, 11) is 0. The second kappa shape index (κ2) is 9.79. The van der Waals surface area contributed by atoms with E-state index in [2.05, 4.69) is 10.4 Å². The molecule has 38 heavy (non-hydrogen) atoms. The number of rotatable bonds is 7. The molecule has 0 aromatic carbocycles. The van der Waals surface area contributed by atoms with E-state index in [0.29, 0.717) is 49.5 Å². The predicted octanol–water partition coefficient (Wildman–Crippen LogP) is 1.51. The number of alkyl halides is 2. The van der Waals surface area contributed by atoms with Crippen molar-refractivity contribution in [1.82, 2.24) is 24.7 Å². The number of aromatic amines is 1. The molecule has 0 spiro atoms. The van der Waals surface area contributed by atoms with Gasteiger partial charge in [-0.1, -0.05) is 18.4 Å². The summed E-state index contributed by atoms with van der Waals surface area (Å²) in [6.07, 6.45) is 4.69. The molecule has 3 heterocycles. The minimum Gasteiger partial charge on any atom is -0.477 e. The van der Waals surface area contributed by atoms with Gasteiger partial charge in [-0.15, -0.1) is 0 Å². The molecule has 3 N–H and O–H groups in total. The van der Waals surface area contributed by atoms with Crippen LogP contribution in [0.15, 0.2) is 16.6 Å². The topological polar surface area (TPSA) is 114 Å². The summed E-state index contributed by atoms with van der Waals surface area (Å²) < 4.78 is 29.2. The number of halogens is 2. The van der Waals surface area contributed by atoms with Crippen molar-refractivity contribution in [3.8, 4) is 5.88 Å². The molecule has 2 aromatic rings. The van der Waals surface area contributed by atoms with Crippen molar-refractivity contribution in [1.29, 1.82) is 0 Å². The lowest BCUT2D eigenvalue weighted by Gasteiger charge is -2.46. The molecule has 2 saturated carbocycles. The number of hydrogen-bond donors (Lipinski definition) is 3. The van der Waals surface area contributed by atoms with E-state index in [1.807, 2.05) is 18.7 Å². The van der Waals surface area contributed by atoms with Crippen molar-refractivity contribution < 1.29 is 28.0 Å². The second-order valence-corrected chi connectivity index (χ2v) is 11.2. The fourth-order valence-corrected chi connectivity index (χ4v) is 5.31. The van der Waals surface area contributed by atoms with Crippen molar-refractivity contribution in [2.45, 2.75) is 71.0 Å². The van der Waals surface area contributed by atoms with Gasteiger partial charge in [0.05, 0.1) is 18.3 Å². The fraction of sp³-hybridized carbons (Fsp3) is 0.615. The van der Waals surface area contributed by atoms with Gasteiger partial charge in [0.1, 0.15) is 0 Å². The summed E-state index contributed by atoms with van der Waals surface area (Å²) in [4.78, 5) is 42.9. The largest absolute Gasteiger partial charge is 0.477 e. The average Bonchev–Trinajstić information content (AvgIpc) is 3.56. The van der Waals surface area contributed by atoms with Gasteiger partial charge in [-0.3, -0.25) is 14.5 Å². The van der Waals surface area contributed by atoms with Crippen molar-refractivity contribution in [2.75, 3.05) is 26.2 Å². The summed E-state index contributed by atoms with van der Waals surface area (Å²) in [6, 6.07) is -0.100. The Balaban J connectivity index is 1.40. The van der Waals surface area contributed by atoms with E-state index in [0.717, 1.165) is 12.8 Å². The highest BCUT2D eigenvalue weighted by Gasteiger charge is 2.48. The van der Waals surface area contributed by atoms with Crippen LogP contribution in [0.5, 0.6) is 5.88 Å². The molecule has 1 aliphatic heterocycles. The first kappa shape index (κ1) is 26.3. The zero-order valence-electron chi connectivity index (χ0n) is 22.0. The highest BCUT2D eigenvalue weighted by Crippen LogP contribution is 2.40. The first-order chi connectivity index (χ1) is 17.9. The number of hydrogen-bond acceptors (Lipinski definition) is 5. The van der Waals surface area contributed by atoms with Crippen LogP contribution in [0, 0.1) is 5.92 Å². The molecule has 3 aliphatic rings. The molecule has 0 atom stereocenters. The fourth-order valence-electron chi connectivity index (χ4n) is 5.31. The number of carbonyl (C=O) groups is 2. The Morgan fingerprint density at radius 3 is 2.47 bits per heavy atom. The third kappa shape index (κ3) is 5.05. The molecule has 0 unspecified atom stereocenters. The molecule has 5 rings (SSSR count). The van der Waals surface area contributed by atoms with Gasteiger partial charge in [0.15, 0.2) is 0 Å². The van der Waals surface area contributed by atoms with E-state index in [4.69, 9.17) is 0 Å². The van der Waals surface area contributed by atoms with Gasteiger partial charge < -0.3 is 15.3 Å². The van der Waals surface area contributed by atoms with E-state index in [1.54, 1.807) is 24.1 Å². The van der Waals surface area contributed by atoms with Crippen LogP contribution < -0.4 is 15.4 Å². The first-order valence-corrected chi connectivity index (χ1v) is 13.2. The van der Waals surface area contributed by atoms with Gasteiger partial charge in [0, 0.05) is 56.7 Å². The van der Waals surface area contributed by atoms with E-state index in [-0.39, 0.29) is 42.3 Å². The van der Waals surface area contributed by atoms with Crippen LogP contribution >= 0.6 is 0 Å². The predicted molar refractivity (Wildman–Crippen MR) is 135 cm³/mol. The lowest BCUT2D eigenvalue weighted by Crippen LogP contribution is -2.57. The van der Waals surface area contributed by atoms with Crippen LogP contribution in [0.25, 0.3) is 11.7 Å². The van der Waals surface area contributed by atoms with Crippen molar-refractivity contribution in [3.05, 3.63) is 33.3 Å². The number of aromatic nitrogens is 3. The lowest BCUT2D eigenvalue weighted by atomic mass is 9.86. The number of H-pyrrole nitrogens is 1. The Bertz CT molecular complexity index is 1340. The highest BCUT2D eigenvalue weighted by atomic mass is 19.3. The molecule has 2 aliphatic carbocycles. The Labute approximate surface area is 218 Å². The van der Waals surface area contributed by atoms with Crippen molar-refractivity contribution >= 4 is 23.5 Å². The minimum atomic E-state index is -2.57. The van der Waals surface area contributed by atoms with Crippen LogP contribution in [-0.4, -0.2) is 80.5 Å². The summed E-state index contributed by atoms with van der Waals surface area (Å²) in [5.41, 5.74) is 0.327. The van der Waals surface area contributed by atoms with Gasteiger partial charge in [-0.2, -0.15) is 4.57 Å². The van der Waals surface area contributed by atoms with Crippen molar-refractivity contribution in [3.63, 3.8) is 0 Å². The Kier molecular flexibility index (Phi) is 6.79. The number of nitrogens with zero attached hydrogens (tertiary/aromatic N) is 4. The zero-order chi connectivity index (χ0) is 27.4. The Hall–Kier alpha value is -3.28. The van der Waals surface area contributed by atoms with Gasteiger partial charge in [-0.25, -0.2) is 18.7 Å². The monoisotopic (exact) mass is 533 g/mol. The van der Waals surface area contributed by atoms with E-state index in [9.17, 15) is 28.3 Å². The summed E-state index contributed by atoms with van der Waals surface area (Å²) in [5.74, 6) is -3.67. The molecule has 0 radical (unpaired) electrons. The number of piperazine rings is 1. The summed E-state index contributed by atoms with van der Waals surface area (Å²) >= 11 is 0. The third-order valence-electron chi connectivity index (χ3n) is 7.55. The highest BCUT2D eigenvalue weighted by molar-refractivity contribution is 5.98. The van der Waals surface area contributed by atoms with Crippen LogP contribution in [-0.2, 0) is 11.3 Å². The van der Waals surface area contributed by atoms with E-state index >= 15 is 0 Å². The molecule has 2 aromatic heterocycles. The van der Waals surface area contributed by atoms with Crippen LogP contribution in [0.4, 0.5) is 8.78 Å². The maximum atomic E-state index is 13.2. The zero-order valence-corrected chi connectivity index (χ0v) is 22.0. The molecular formula is C26H35F2N6O4+. The SMILES string of the molecule is C/C(=C\c1c[nH]n2c(=O)c(C(=O)NC3CC3)c(O)[n+](CC(C)C)c12)C(=O)N1CCN(C2CC(F)(F)C2)CC1. The standard InChI is InChI=1S/C26H34F2N6O4/c1-15(2)14-33-22-17(13-29-34(22)25(38)20(24(33)37)21(35)30-18-4-5-18)10-16(3)23(36)32-8-6-31(7-9-32)19-11-26(27,28)12-19/h10,13,15,18-19H,4-9,11-12,14H2,1-3H3,(H2,30,35,37,38)/p+1/b16-10+. The van der Waals surface area contributed by atoms with E-state index in [1.165, 1.54) is 9.08 Å². The molecule has 3 fully saturated rings. The van der Waals surface area contributed by atoms with Gasteiger partial charge in [-0.05, 0) is 31.8 Å². The number of fused-ring (bicyclic) bond motifs is 1. The molecule has 1 saturated heterocycles. The van der Waals surface area contributed by atoms with Crippen LogP contribution in [0.3, 0.4) is 0 Å².